The van der Waals surface area contributed by atoms with E-state index >= 15 is 0 Å². The number of hydrogen-bond acceptors (Lipinski definition) is 1. The van der Waals surface area contributed by atoms with Gasteiger partial charge in [0.1, 0.15) is 6.29 Å². The minimum absolute atomic E-state index is 0.574. The summed E-state index contributed by atoms with van der Waals surface area (Å²) in [6, 6.07) is 0.574. The van der Waals surface area contributed by atoms with Gasteiger partial charge in [-0.05, 0) is 6.92 Å². The molecule has 0 spiro atoms. The quantitative estimate of drug-likeness (QED) is 0.426. The molecule has 0 heterocycles. The number of aldehydes is 1. The van der Waals surface area contributed by atoms with Crippen LogP contribution < -0.4 is 0 Å². The third-order valence-corrected chi connectivity index (χ3v) is 2.02. The van der Waals surface area contributed by atoms with E-state index in [1.165, 1.54) is 0 Å². The van der Waals surface area contributed by atoms with Crippen LogP contribution in [0.25, 0.3) is 0 Å². The Labute approximate surface area is 63.4 Å². The van der Waals surface area contributed by atoms with E-state index in [0.717, 1.165) is 17.2 Å². The third kappa shape index (κ3) is 3.62. The zero-order chi connectivity index (χ0) is 8.20. The maximum absolute atomic E-state index is 10.0. The summed E-state index contributed by atoms with van der Waals surface area (Å²) < 4.78 is 0.938. The predicted octanol–water partition coefficient (Wildman–Crippen LogP) is 1.06. The first kappa shape index (κ1) is 9.63. The fraction of sp³-hybridized carbons (Fsp3) is 0.875. The monoisotopic (exact) mass is 144 g/mol. The molecule has 0 aromatic rings. The van der Waals surface area contributed by atoms with Crippen molar-refractivity contribution >= 4 is 6.29 Å². The summed E-state index contributed by atoms with van der Waals surface area (Å²) in [6.45, 7) is 2.17. The number of hydrogen-bond donors (Lipinski definition) is 0. The summed E-state index contributed by atoms with van der Waals surface area (Å²) in [4.78, 5) is 10.0. The number of carbonyl (C=O) groups excluding carboxylic acids is 1. The molecule has 0 aliphatic rings. The highest BCUT2D eigenvalue weighted by atomic mass is 16.1. The Morgan fingerprint density at radius 2 is 1.90 bits per heavy atom. The largest absolute Gasteiger partial charge is 0.329 e. The van der Waals surface area contributed by atoms with Crippen molar-refractivity contribution in [2.75, 3.05) is 21.1 Å². The minimum atomic E-state index is 0.574. The summed E-state index contributed by atoms with van der Waals surface area (Å²) in [7, 11) is 6.44. The maximum Gasteiger partial charge on any atom is 0.120 e. The van der Waals surface area contributed by atoms with Gasteiger partial charge in [-0.15, -0.1) is 0 Å². The fourth-order valence-electron chi connectivity index (χ4n) is 0.697. The molecule has 1 atom stereocenters. The van der Waals surface area contributed by atoms with Crippen LogP contribution in [0, 0.1) is 0 Å². The van der Waals surface area contributed by atoms with Gasteiger partial charge in [0.25, 0.3) is 0 Å². The van der Waals surface area contributed by atoms with E-state index in [1.807, 2.05) is 0 Å². The Kier molecular flexibility index (Phi) is 3.58. The lowest BCUT2D eigenvalue weighted by Gasteiger charge is -2.31. The SMILES string of the molecule is CC(CCC=O)[N+](C)(C)C. The zero-order valence-electron chi connectivity index (χ0n) is 7.42. The second-order valence-corrected chi connectivity index (χ2v) is 3.71. The Bertz CT molecular complexity index is 104. The highest BCUT2D eigenvalue weighted by Crippen LogP contribution is 2.07. The highest BCUT2D eigenvalue weighted by molar-refractivity contribution is 5.49. The number of rotatable bonds is 4. The first-order valence-electron chi connectivity index (χ1n) is 3.73. The molecule has 0 aliphatic heterocycles. The molecule has 0 aliphatic carbocycles. The van der Waals surface area contributed by atoms with Gasteiger partial charge in [-0.3, -0.25) is 0 Å². The molecule has 0 bridgehead atoms. The molecule has 0 aromatic carbocycles. The number of carbonyl (C=O) groups is 1. The predicted molar refractivity (Wildman–Crippen MR) is 42.8 cm³/mol. The average Bonchev–Trinajstić information content (AvgIpc) is 1.80. The smallest absolute Gasteiger partial charge is 0.120 e. The molecule has 60 valence electrons. The molecule has 0 radical (unpaired) electrons. The Morgan fingerprint density at radius 1 is 1.40 bits per heavy atom. The van der Waals surface area contributed by atoms with E-state index in [1.54, 1.807) is 0 Å². The van der Waals surface area contributed by atoms with Gasteiger partial charge < -0.3 is 9.28 Å². The van der Waals surface area contributed by atoms with Crippen molar-refractivity contribution in [2.24, 2.45) is 0 Å². The van der Waals surface area contributed by atoms with Crippen LogP contribution in [0.4, 0.5) is 0 Å². The first-order chi connectivity index (χ1) is 4.48. The van der Waals surface area contributed by atoms with Crippen LogP contribution in [0.5, 0.6) is 0 Å². The molecule has 2 heteroatoms. The van der Waals surface area contributed by atoms with E-state index in [0.29, 0.717) is 12.5 Å². The molecular weight excluding hydrogens is 126 g/mol. The molecule has 0 saturated carbocycles. The number of nitrogens with zero attached hydrogens (tertiary/aromatic N) is 1. The Balaban J connectivity index is 3.61. The van der Waals surface area contributed by atoms with E-state index in [4.69, 9.17) is 0 Å². The van der Waals surface area contributed by atoms with E-state index in [2.05, 4.69) is 28.1 Å². The zero-order valence-corrected chi connectivity index (χ0v) is 7.42. The van der Waals surface area contributed by atoms with Crippen molar-refractivity contribution in [3.8, 4) is 0 Å². The summed E-state index contributed by atoms with van der Waals surface area (Å²) in [5.41, 5.74) is 0. The van der Waals surface area contributed by atoms with Gasteiger partial charge in [-0.2, -0.15) is 0 Å². The van der Waals surface area contributed by atoms with Crippen LogP contribution in [-0.2, 0) is 4.79 Å². The van der Waals surface area contributed by atoms with Crippen molar-refractivity contribution in [2.45, 2.75) is 25.8 Å². The Morgan fingerprint density at radius 3 is 2.20 bits per heavy atom. The van der Waals surface area contributed by atoms with Crippen LogP contribution in [0.15, 0.2) is 0 Å². The molecule has 0 amide bonds. The van der Waals surface area contributed by atoms with Gasteiger partial charge in [0, 0.05) is 12.8 Å². The van der Waals surface area contributed by atoms with Crippen LogP contribution in [-0.4, -0.2) is 38.0 Å². The summed E-state index contributed by atoms with van der Waals surface area (Å²) >= 11 is 0. The molecule has 2 nitrogen and oxygen atoms in total. The Hall–Kier alpha value is -0.370. The minimum Gasteiger partial charge on any atom is -0.329 e. The van der Waals surface area contributed by atoms with Gasteiger partial charge in [0.05, 0.1) is 27.2 Å². The van der Waals surface area contributed by atoms with E-state index < -0.39 is 0 Å². The molecule has 1 unspecified atom stereocenters. The standard InChI is InChI=1S/C8H18NO/c1-8(6-5-7-10)9(2,3)4/h7-8H,5-6H2,1-4H3/q+1. The van der Waals surface area contributed by atoms with Crippen LogP contribution >= 0.6 is 0 Å². The van der Waals surface area contributed by atoms with Crippen molar-refractivity contribution in [1.82, 2.24) is 0 Å². The maximum atomic E-state index is 10.0. The van der Waals surface area contributed by atoms with Crippen molar-refractivity contribution in [1.29, 1.82) is 0 Å². The average molecular weight is 144 g/mol. The van der Waals surface area contributed by atoms with Gasteiger partial charge in [-0.1, -0.05) is 0 Å². The lowest BCUT2D eigenvalue weighted by atomic mass is 10.1. The highest BCUT2D eigenvalue weighted by Gasteiger charge is 2.16. The molecular formula is C8H18NO+. The number of quaternary nitrogens is 1. The van der Waals surface area contributed by atoms with Gasteiger partial charge in [-0.25, -0.2) is 0 Å². The fourth-order valence-corrected chi connectivity index (χ4v) is 0.697. The van der Waals surface area contributed by atoms with Gasteiger partial charge >= 0.3 is 0 Å². The molecule has 0 fully saturated rings. The molecule has 0 saturated heterocycles. The van der Waals surface area contributed by atoms with Crippen molar-refractivity contribution in [3.05, 3.63) is 0 Å². The second-order valence-electron chi connectivity index (χ2n) is 3.71. The molecule has 0 aromatic heterocycles. The van der Waals surface area contributed by atoms with Gasteiger partial charge in [0.15, 0.2) is 0 Å². The molecule has 10 heavy (non-hydrogen) atoms. The van der Waals surface area contributed by atoms with Gasteiger partial charge in [0.2, 0.25) is 0 Å². The van der Waals surface area contributed by atoms with Crippen molar-refractivity contribution in [3.63, 3.8) is 0 Å². The van der Waals surface area contributed by atoms with Crippen LogP contribution in [0.3, 0.4) is 0 Å². The molecule has 0 rings (SSSR count). The normalized spacial score (nSPS) is 14.8. The molecule has 0 N–H and O–H groups in total. The first-order valence-corrected chi connectivity index (χ1v) is 3.73. The lowest BCUT2D eigenvalue weighted by molar-refractivity contribution is -0.894. The summed E-state index contributed by atoms with van der Waals surface area (Å²) in [6.07, 6.45) is 2.68. The van der Waals surface area contributed by atoms with Crippen LogP contribution in [0.1, 0.15) is 19.8 Å². The topological polar surface area (TPSA) is 17.1 Å². The summed E-state index contributed by atoms with van der Waals surface area (Å²) in [5, 5.41) is 0. The van der Waals surface area contributed by atoms with E-state index in [-0.39, 0.29) is 0 Å². The van der Waals surface area contributed by atoms with Crippen molar-refractivity contribution < 1.29 is 9.28 Å². The lowest BCUT2D eigenvalue weighted by Crippen LogP contribution is -2.43. The van der Waals surface area contributed by atoms with E-state index in [9.17, 15) is 4.79 Å². The third-order valence-electron chi connectivity index (χ3n) is 2.02. The van der Waals surface area contributed by atoms with Crippen LogP contribution in [0.2, 0.25) is 0 Å². The second kappa shape index (κ2) is 3.71. The summed E-state index contributed by atoms with van der Waals surface area (Å²) in [5.74, 6) is 0.